The number of likely N-dealkylation sites (N-methyl/N-ethyl adjacent to an activating group) is 1. The molecule has 1 heterocycles. The lowest BCUT2D eigenvalue weighted by atomic mass is 9.98. The number of hydrogen-bond acceptors (Lipinski definition) is 3. The van der Waals surface area contributed by atoms with Crippen LogP contribution < -0.4 is 10.1 Å². The molecule has 3 nitrogen and oxygen atoms in total. The molecule has 1 aliphatic heterocycles. The van der Waals surface area contributed by atoms with Crippen molar-refractivity contribution in [2.75, 3.05) is 20.7 Å². The van der Waals surface area contributed by atoms with Crippen molar-refractivity contribution in [3.8, 4) is 5.75 Å². The van der Waals surface area contributed by atoms with Gasteiger partial charge in [-0.3, -0.25) is 4.90 Å². The first-order valence-corrected chi connectivity index (χ1v) is 7.63. The zero-order chi connectivity index (χ0) is 14.7. The summed E-state index contributed by atoms with van der Waals surface area (Å²) in [5.41, 5.74) is 1.33. The minimum Gasteiger partial charge on any atom is -0.497 e. The zero-order valence-electron chi connectivity index (χ0n) is 13.4. The normalized spacial score (nSPS) is 26.4. The maximum atomic E-state index is 5.24. The molecule has 2 rings (SSSR count). The molecule has 4 unspecified atom stereocenters. The highest BCUT2D eigenvalue weighted by Gasteiger charge is 2.33. The number of methoxy groups -OCH3 is 1. The van der Waals surface area contributed by atoms with E-state index in [4.69, 9.17) is 4.74 Å². The van der Waals surface area contributed by atoms with Crippen molar-refractivity contribution in [2.45, 2.75) is 45.3 Å². The van der Waals surface area contributed by atoms with Crippen LogP contribution in [0.15, 0.2) is 24.3 Å². The summed E-state index contributed by atoms with van der Waals surface area (Å²) < 4.78 is 5.24. The molecule has 1 saturated heterocycles. The molecular weight excluding hydrogens is 248 g/mol. The Labute approximate surface area is 123 Å². The Morgan fingerprint density at radius 1 is 1.25 bits per heavy atom. The number of likely N-dealkylation sites (tertiary alicyclic amines) is 1. The number of nitrogens with one attached hydrogen (secondary N) is 1. The molecule has 0 radical (unpaired) electrons. The molecule has 20 heavy (non-hydrogen) atoms. The number of rotatable bonds is 5. The lowest BCUT2D eigenvalue weighted by molar-refractivity contribution is 0.164. The van der Waals surface area contributed by atoms with E-state index in [9.17, 15) is 0 Å². The fourth-order valence-electron chi connectivity index (χ4n) is 3.59. The first kappa shape index (κ1) is 15.3. The van der Waals surface area contributed by atoms with Crippen LogP contribution in [0.2, 0.25) is 0 Å². The van der Waals surface area contributed by atoms with Crippen LogP contribution in [0.3, 0.4) is 0 Å². The first-order valence-electron chi connectivity index (χ1n) is 7.63. The molecule has 0 aliphatic carbocycles. The molecule has 0 aromatic heterocycles. The van der Waals surface area contributed by atoms with Crippen molar-refractivity contribution in [3.63, 3.8) is 0 Å². The van der Waals surface area contributed by atoms with Crippen LogP contribution >= 0.6 is 0 Å². The maximum Gasteiger partial charge on any atom is 0.118 e. The lowest BCUT2D eigenvalue weighted by Gasteiger charge is -2.35. The molecule has 1 aromatic carbocycles. The molecule has 112 valence electrons. The van der Waals surface area contributed by atoms with Crippen LogP contribution in [-0.4, -0.2) is 37.7 Å². The summed E-state index contributed by atoms with van der Waals surface area (Å²) in [6, 6.07) is 9.95. The Morgan fingerprint density at radius 2 is 1.90 bits per heavy atom. The van der Waals surface area contributed by atoms with Crippen molar-refractivity contribution in [1.29, 1.82) is 0 Å². The molecule has 1 fully saturated rings. The highest BCUT2D eigenvalue weighted by molar-refractivity contribution is 5.30. The number of nitrogens with zero attached hydrogens (tertiary/aromatic N) is 1. The average molecular weight is 276 g/mol. The Morgan fingerprint density at radius 3 is 2.35 bits per heavy atom. The van der Waals surface area contributed by atoms with E-state index in [0.29, 0.717) is 18.1 Å². The summed E-state index contributed by atoms with van der Waals surface area (Å²) in [6.45, 7) is 8.24. The number of benzene rings is 1. The van der Waals surface area contributed by atoms with E-state index < -0.39 is 0 Å². The van der Waals surface area contributed by atoms with E-state index in [0.717, 1.165) is 11.7 Å². The van der Waals surface area contributed by atoms with Gasteiger partial charge in [-0.15, -0.1) is 0 Å². The molecule has 0 spiro atoms. The molecule has 1 aliphatic rings. The Kier molecular flexibility index (Phi) is 5.06. The number of hydrogen-bond donors (Lipinski definition) is 1. The highest BCUT2D eigenvalue weighted by Crippen LogP contribution is 2.30. The highest BCUT2D eigenvalue weighted by atomic mass is 16.5. The maximum absolute atomic E-state index is 5.24. The van der Waals surface area contributed by atoms with E-state index in [2.05, 4.69) is 50.2 Å². The quantitative estimate of drug-likeness (QED) is 0.894. The van der Waals surface area contributed by atoms with Gasteiger partial charge in [0.05, 0.1) is 7.11 Å². The fourth-order valence-corrected chi connectivity index (χ4v) is 3.59. The van der Waals surface area contributed by atoms with Crippen molar-refractivity contribution in [3.05, 3.63) is 29.8 Å². The smallest absolute Gasteiger partial charge is 0.118 e. The fraction of sp³-hybridized carbons (Fsp3) is 0.647. The van der Waals surface area contributed by atoms with Gasteiger partial charge in [-0.05, 0) is 50.9 Å². The van der Waals surface area contributed by atoms with Gasteiger partial charge in [-0.2, -0.15) is 0 Å². The van der Waals surface area contributed by atoms with Crippen LogP contribution in [0.25, 0.3) is 0 Å². The summed E-state index contributed by atoms with van der Waals surface area (Å²) in [6.07, 6.45) is 1.31. The summed E-state index contributed by atoms with van der Waals surface area (Å²) in [7, 11) is 3.76. The largest absolute Gasteiger partial charge is 0.497 e. The van der Waals surface area contributed by atoms with Gasteiger partial charge in [0.25, 0.3) is 0 Å². The predicted octanol–water partition coefficient (Wildman–Crippen LogP) is 3.07. The topological polar surface area (TPSA) is 24.5 Å². The monoisotopic (exact) mass is 276 g/mol. The van der Waals surface area contributed by atoms with Crippen molar-refractivity contribution >= 4 is 0 Å². The van der Waals surface area contributed by atoms with Crippen molar-refractivity contribution in [2.24, 2.45) is 5.92 Å². The van der Waals surface area contributed by atoms with E-state index in [-0.39, 0.29) is 0 Å². The summed E-state index contributed by atoms with van der Waals surface area (Å²) in [5.74, 6) is 1.72. The van der Waals surface area contributed by atoms with Crippen LogP contribution in [0, 0.1) is 5.92 Å². The predicted molar refractivity (Wildman–Crippen MR) is 84.2 cm³/mol. The zero-order valence-corrected chi connectivity index (χ0v) is 13.4. The van der Waals surface area contributed by atoms with Crippen LogP contribution in [0.5, 0.6) is 5.75 Å². The minimum atomic E-state index is 0.355. The minimum absolute atomic E-state index is 0.355. The van der Waals surface area contributed by atoms with Gasteiger partial charge in [0.15, 0.2) is 0 Å². The van der Waals surface area contributed by atoms with E-state index in [1.54, 1.807) is 7.11 Å². The first-order chi connectivity index (χ1) is 9.56. The van der Waals surface area contributed by atoms with Gasteiger partial charge >= 0.3 is 0 Å². The average Bonchev–Trinajstić information content (AvgIpc) is 2.79. The van der Waals surface area contributed by atoms with Gasteiger partial charge < -0.3 is 10.1 Å². The third kappa shape index (κ3) is 3.15. The van der Waals surface area contributed by atoms with Crippen molar-refractivity contribution in [1.82, 2.24) is 10.2 Å². The Balaban J connectivity index is 2.14. The SMILES string of the molecule is CNC(c1ccc(OC)cc1)C(C)N1CC(C)CC1C. The van der Waals surface area contributed by atoms with Gasteiger partial charge in [0.2, 0.25) is 0 Å². The van der Waals surface area contributed by atoms with Crippen molar-refractivity contribution < 1.29 is 4.74 Å². The van der Waals surface area contributed by atoms with Crippen LogP contribution in [0.4, 0.5) is 0 Å². The Hall–Kier alpha value is -1.06. The molecule has 1 aromatic rings. The molecule has 1 N–H and O–H groups in total. The molecular formula is C17H28N2O. The van der Waals surface area contributed by atoms with E-state index >= 15 is 0 Å². The van der Waals surface area contributed by atoms with Gasteiger partial charge in [0, 0.05) is 24.7 Å². The Bertz CT molecular complexity index is 418. The van der Waals surface area contributed by atoms with E-state index in [1.807, 2.05) is 12.1 Å². The third-order valence-corrected chi connectivity index (χ3v) is 4.62. The molecule has 4 atom stereocenters. The summed E-state index contributed by atoms with van der Waals surface area (Å²) in [4.78, 5) is 2.63. The van der Waals surface area contributed by atoms with E-state index in [1.165, 1.54) is 18.5 Å². The van der Waals surface area contributed by atoms with Gasteiger partial charge in [-0.25, -0.2) is 0 Å². The molecule has 0 saturated carbocycles. The summed E-state index contributed by atoms with van der Waals surface area (Å²) in [5, 5.41) is 3.49. The summed E-state index contributed by atoms with van der Waals surface area (Å²) >= 11 is 0. The standard InChI is InChI=1S/C17H28N2O/c1-12-10-13(2)19(11-12)14(3)17(18-4)15-6-8-16(20-5)9-7-15/h6-9,12-14,17-18H,10-11H2,1-5H3. The number of ether oxygens (including phenoxy) is 1. The van der Waals surface area contributed by atoms with Gasteiger partial charge in [0.1, 0.15) is 5.75 Å². The second kappa shape index (κ2) is 6.59. The lowest BCUT2D eigenvalue weighted by Crippen LogP contribution is -2.43. The second-order valence-electron chi connectivity index (χ2n) is 6.17. The second-order valence-corrected chi connectivity index (χ2v) is 6.17. The molecule has 0 amide bonds. The molecule has 0 bridgehead atoms. The van der Waals surface area contributed by atoms with Gasteiger partial charge in [-0.1, -0.05) is 19.1 Å². The van der Waals surface area contributed by atoms with Crippen LogP contribution in [0.1, 0.15) is 38.8 Å². The van der Waals surface area contributed by atoms with Crippen LogP contribution in [-0.2, 0) is 0 Å². The molecule has 3 heteroatoms. The third-order valence-electron chi connectivity index (χ3n) is 4.62.